The highest BCUT2D eigenvalue weighted by molar-refractivity contribution is 9.10. The van der Waals surface area contributed by atoms with Crippen molar-refractivity contribution in [2.75, 3.05) is 25.1 Å². The van der Waals surface area contributed by atoms with Crippen LogP contribution in [-0.4, -0.2) is 45.2 Å². The van der Waals surface area contributed by atoms with Crippen LogP contribution in [0.3, 0.4) is 0 Å². The quantitative estimate of drug-likeness (QED) is 0.280. The molecule has 0 atom stereocenters. The number of rotatable bonds is 8. The number of nitrogens with zero attached hydrogens (tertiary/aromatic N) is 3. The molecule has 2 N–H and O–H groups in total. The smallest absolute Gasteiger partial charge is 0.285 e. The average Bonchev–Trinajstić information content (AvgIpc) is 3.19. The van der Waals surface area contributed by atoms with Gasteiger partial charge in [-0.3, -0.25) is 9.10 Å². The Labute approximate surface area is 215 Å². The summed E-state index contributed by atoms with van der Waals surface area (Å²) in [6, 6.07) is 17.5. The molecule has 3 aromatic carbocycles. The summed E-state index contributed by atoms with van der Waals surface area (Å²) in [5.74, 6) is -0.527. The zero-order chi connectivity index (χ0) is 25.9. The highest BCUT2D eigenvalue weighted by atomic mass is 79.9. The number of carbonyl (C=O) groups excluding carboxylic acids is 1. The molecule has 0 spiro atoms. The van der Waals surface area contributed by atoms with E-state index in [-0.39, 0.29) is 27.9 Å². The van der Waals surface area contributed by atoms with Crippen molar-refractivity contribution >= 4 is 54.1 Å². The SMILES string of the molecule is COc1ccc(S(=O)(=O)N(CC(=O)N=Nc2c(O)[nH]c3ccc(Br)cc23)c2ccccc2)cc1OC. The summed E-state index contributed by atoms with van der Waals surface area (Å²) in [7, 11) is -1.38. The Bertz CT molecular complexity index is 1550. The van der Waals surface area contributed by atoms with Crippen LogP contribution in [0.4, 0.5) is 11.4 Å². The Morgan fingerprint density at radius 1 is 1.03 bits per heavy atom. The molecule has 0 aliphatic heterocycles. The summed E-state index contributed by atoms with van der Waals surface area (Å²) in [6.45, 7) is -0.628. The molecular formula is C24H21BrN4O6S. The third kappa shape index (κ3) is 5.04. The predicted octanol–water partition coefficient (Wildman–Crippen LogP) is 5.16. The molecule has 4 rings (SSSR count). The molecule has 0 bridgehead atoms. The Morgan fingerprint density at radius 2 is 1.75 bits per heavy atom. The first-order chi connectivity index (χ1) is 17.2. The number of H-pyrrole nitrogens is 1. The van der Waals surface area contributed by atoms with Crippen molar-refractivity contribution in [3.8, 4) is 17.4 Å². The number of halogens is 1. The van der Waals surface area contributed by atoms with Crippen molar-refractivity contribution in [2.24, 2.45) is 10.2 Å². The maximum Gasteiger partial charge on any atom is 0.285 e. The van der Waals surface area contributed by atoms with E-state index in [1.54, 1.807) is 48.5 Å². The summed E-state index contributed by atoms with van der Waals surface area (Å²) in [6.07, 6.45) is 0. The number of hydrogen-bond donors (Lipinski definition) is 2. The molecule has 0 radical (unpaired) electrons. The van der Waals surface area contributed by atoms with Crippen LogP contribution in [0.1, 0.15) is 0 Å². The Hall–Kier alpha value is -3.90. The first-order valence-electron chi connectivity index (χ1n) is 10.5. The number of azo groups is 1. The lowest BCUT2D eigenvalue weighted by Gasteiger charge is -2.23. The Morgan fingerprint density at radius 3 is 2.44 bits per heavy atom. The number of aromatic hydroxyl groups is 1. The summed E-state index contributed by atoms with van der Waals surface area (Å²) < 4.78 is 39.3. The summed E-state index contributed by atoms with van der Waals surface area (Å²) >= 11 is 3.35. The number of aromatic amines is 1. The number of carbonyl (C=O) groups is 1. The Kier molecular flexibility index (Phi) is 7.27. The van der Waals surface area contributed by atoms with E-state index in [0.717, 1.165) is 8.78 Å². The van der Waals surface area contributed by atoms with E-state index in [9.17, 15) is 18.3 Å². The van der Waals surface area contributed by atoms with Crippen LogP contribution in [0.15, 0.2) is 86.3 Å². The molecule has 36 heavy (non-hydrogen) atoms. The molecule has 0 fully saturated rings. The van der Waals surface area contributed by atoms with E-state index in [2.05, 4.69) is 31.1 Å². The third-order valence-electron chi connectivity index (χ3n) is 5.24. The molecular weight excluding hydrogens is 552 g/mol. The zero-order valence-electron chi connectivity index (χ0n) is 19.2. The minimum Gasteiger partial charge on any atom is -0.493 e. The predicted molar refractivity (Wildman–Crippen MR) is 138 cm³/mol. The van der Waals surface area contributed by atoms with Crippen molar-refractivity contribution in [1.82, 2.24) is 4.98 Å². The van der Waals surface area contributed by atoms with Crippen LogP contribution in [0, 0.1) is 0 Å². The van der Waals surface area contributed by atoms with Crippen LogP contribution in [-0.2, 0) is 14.8 Å². The molecule has 1 aromatic heterocycles. The second-order valence-corrected chi connectivity index (χ2v) is 10.2. The van der Waals surface area contributed by atoms with E-state index in [1.165, 1.54) is 32.4 Å². The lowest BCUT2D eigenvalue weighted by atomic mass is 10.2. The van der Waals surface area contributed by atoms with Crippen molar-refractivity contribution in [3.63, 3.8) is 0 Å². The van der Waals surface area contributed by atoms with Crippen LogP contribution in [0.25, 0.3) is 10.9 Å². The van der Waals surface area contributed by atoms with Crippen LogP contribution in [0.2, 0.25) is 0 Å². The van der Waals surface area contributed by atoms with E-state index >= 15 is 0 Å². The molecule has 186 valence electrons. The molecule has 0 aliphatic carbocycles. The number of amides is 1. The van der Waals surface area contributed by atoms with Crippen molar-refractivity contribution in [1.29, 1.82) is 0 Å². The van der Waals surface area contributed by atoms with E-state index in [1.807, 2.05) is 0 Å². The largest absolute Gasteiger partial charge is 0.493 e. The highest BCUT2D eigenvalue weighted by Gasteiger charge is 2.28. The standard InChI is InChI=1S/C24H21BrN4O6S/c1-34-20-11-9-17(13-21(20)35-2)36(32,33)29(16-6-4-3-5-7-16)14-22(30)27-28-23-18-12-15(25)8-10-19(18)26-24(23)31/h3-13,26,31H,14H2,1-2H3. The maximum atomic E-state index is 13.6. The van der Waals surface area contributed by atoms with Crippen LogP contribution >= 0.6 is 15.9 Å². The minimum atomic E-state index is -4.21. The molecule has 10 nitrogen and oxygen atoms in total. The number of fused-ring (bicyclic) bond motifs is 1. The molecule has 0 aliphatic rings. The maximum absolute atomic E-state index is 13.6. The van der Waals surface area contributed by atoms with Crippen molar-refractivity contribution in [2.45, 2.75) is 4.90 Å². The molecule has 0 unspecified atom stereocenters. The van der Waals surface area contributed by atoms with Gasteiger partial charge in [-0.05, 0) is 42.5 Å². The lowest BCUT2D eigenvalue weighted by Crippen LogP contribution is -2.35. The van der Waals surface area contributed by atoms with E-state index in [0.29, 0.717) is 16.7 Å². The number of nitrogens with one attached hydrogen (secondary N) is 1. The number of anilines is 1. The highest BCUT2D eigenvalue weighted by Crippen LogP contribution is 2.37. The van der Waals surface area contributed by atoms with Gasteiger partial charge in [0.2, 0.25) is 5.88 Å². The van der Waals surface area contributed by atoms with Gasteiger partial charge in [-0.25, -0.2) is 8.42 Å². The average molecular weight is 573 g/mol. The molecule has 0 saturated heterocycles. The fourth-order valence-electron chi connectivity index (χ4n) is 3.51. The lowest BCUT2D eigenvalue weighted by molar-refractivity contribution is -0.116. The van der Waals surface area contributed by atoms with Gasteiger partial charge in [0.25, 0.3) is 15.9 Å². The van der Waals surface area contributed by atoms with Gasteiger partial charge in [0.15, 0.2) is 17.2 Å². The number of benzene rings is 3. The number of para-hydroxylation sites is 1. The number of aromatic nitrogens is 1. The Balaban J connectivity index is 1.68. The molecule has 1 heterocycles. The van der Waals surface area contributed by atoms with Gasteiger partial charge >= 0.3 is 0 Å². The second-order valence-electron chi connectivity index (χ2n) is 7.47. The fourth-order valence-corrected chi connectivity index (χ4v) is 5.30. The minimum absolute atomic E-state index is 0.0636. The zero-order valence-corrected chi connectivity index (χ0v) is 21.6. The van der Waals surface area contributed by atoms with Gasteiger partial charge in [0.05, 0.1) is 30.3 Å². The normalized spacial score (nSPS) is 11.6. The third-order valence-corrected chi connectivity index (χ3v) is 7.50. The number of sulfonamides is 1. The van der Waals surface area contributed by atoms with Crippen LogP contribution < -0.4 is 13.8 Å². The van der Waals surface area contributed by atoms with Crippen molar-refractivity contribution < 1.29 is 27.8 Å². The number of ether oxygens (including phenoxy) is 2. The van der Waals surface area contributed by atoms with Gasteiger partial charge in [-0.1, -0.05) is 34.1 Å². The molecule has 1 amide bonds. The first-order valence-corrected chi connectivity index (χ1v) is 12.7. The number of hydrogen-bond acceptors (Lipinski definition) is 7. The monoisotopic (exact) mass is 572 g/mol. The second kappa shape index (κ2) is 10.4. The first kappa shape index (κ1) is 25.2. The van der Waals surface area contributed by atoms with Gasteiger partial charge in [0, 0.05) is 15.9 Å². The number of methoxy groups -OCH3 is 2. The fraction of sp³-hybridized carbons (Fsp3) is 0.125. The van der Waals surface area contributed by atoms with Gasteiger partial charge in [-0.15, -0.1) is 10.2 Å². The van der Waals surface area contributed by atoms with Crippen molar-refractivity contribution in [3.05, 3.63) is 71.2 Å². The summed E-state index contributed by atoms with van der Waals surface area (Å²) in [4.78, 5) is 15.5. The van der Waals surface area contributed by atoms with Gasteiger partial charge in [-0.2, -0.15) is 0 Å². The summed E-state index contributed by atoms with van der Waals surface area (Å²) in [5.41, 5.74) is 0.919. The van der Waals surface area contributed by atoms with Gasteiger partial charge in [0.1, 0.15) is 6.54 Å². The molecule has 12 heteroatoms. The van der Waals surface area contributed by atoms with Gasteiger partial charge < -0.3 is 19.6 Å². The van der Waals surface area contributed by atoms with Crippen LogP contribution in [0.5, 0.6) is 17.4 Å². The van der Waals surface area contributed by atoms with E-state index in [4.69, 9.17) is 9.47 Å². The van der Waals surface area contributed by atoms with E-state index < -0.39 is 22.5 Å². The molecule has 4 aromatic rings. The topological polar surface area (TPSA) is 134 Å². The molecule has 0 saturated carbocycles. The summed E-state index contributed by atoms with van der Waals surface area (Å²) in [5, 5.41) is 18.3.